The van der Waals surface area contributed by atoms with Gasteiger partial charge in [0, 0.05) is 10.9 Å². The van der Waals surface area contributed by atoms with Gasteiger partial charge in [0.1, 0.15) is 6.61 Å². The number of carbonyl (C=O) groups excluding carboxylic acids is 1. The zero-order chi connectivity index (χ0) is 15.4. The van der Waals surface area contributed by atoms with E-state index < -0.39 is 8.03 Å². The highest BCUT2D eigenvalue weighted by Crippen LogP contribution is 2.23. The highest BCUT2D eigenvalue weighted by molar-refractivity contribution is 7.48. The second kappa shape index (κ2) is 6.84. The summed E-state index contributed by atoms with van der Waals surface area (Å²) in [4.78, 5) is 12.3. The number of hydrogen-bond donors (Lipinski definition) is 0. The smallest absolute Gasteiger partial charge is 0.221 e. The van der Waals surface area contributed by atoms with Crippen LogP contribution in [0.25, 0.3) is 0 Å². The van der Waals surface area contributed by atoms with E-state index in [1.807, 2.05) is 39.0 Å². The molecule has 4 heteroatoms. The van der Waals surface area contributed by atoms with E-state index in [2.05, 4.69) is 0 Å². The Kier molecular flexibility index (Phi) is 5.11. The zero-order valence-corrected chi connectivity index (χ0v) is 13.5. The molecule has 2 aromatic rings. The molecule has 110 valence electrons. The average molecular weight is 302 g/mol. The number of Topliss-reactive ketones (excluding diaryl/α,β-unsaturated/α-hetero) is 1. The molecule has 21 heavy (non-hydrogen) atoms. The summed E-state index contributed by atoms with van der Waals surface area (Å²) in [6.45, 7) is 5.66. The molecule has 0 fully saturated rings. The molecule has 0 aliphatic heterocycles. The van der Waals surface area contributed by atoms with Crippen molar-refractivity contribution in [3.05, 3.63) is 64.7 Å². The van der Waals surface area contributed by atoms with Gasteiger partial charge in [-0.25, -0.2) is 0 Å². The van der Waals surface area contributed by atoms with Crippen molar-refractivity contribution in [1.82, 2.24) is 0 Å². The number of ketones is 1. The Morgan fingerprint density at radius 2 is 1.62 bits per heavy atom. The minimum atomic E-state index is -2.37. The molecule has 0 N–H and O–H groups in total. The van der Waals surface area contributed by atoms with Gasteiger partial charge in [-0.05, 0) is 44.0 Å². The van der Waals surface area contributed by atoms with E-state index in [4.69, 9.17) is 4.52 Å². The molecule has 0 aromatic heterocycles. The number of rotatable bonds is 5. The summed E-state index contributed by atoms with van der Waals surface area (Å²) >= 11 is 0. The van der Waals surface area contributed by atoms with Gasteiger partial charge in [-0.2, -0.15) is 0 Å². The van der Waals surface area contributed by atoms with Gasteiger partial charge in [-0.15, -0.1) is 0 Å². The van der Waals surface area contributed by atoms with Gasteiger partial charge in [0.15, 0.2) is 5.78 Å². The zero-order valence-electron chi connectivity index (χ0n) is 12.5. The van der Waals surface area contributed by atoms with Crippen LogP contribution in [0.3, 0.4) is 0 Å². The molecule has 0 bridgehead atoms. The number of carbonyl (C=O) groups is 1. The Bertz CT molecular complexity index is 655. The first-order chi connectivity index (χ1) is 9.99. The Morgan fingerprint density at radius 3 is 2.19 bits per heavy atom. The van der Waals surface area contributed by atoms with Crippen molar-refractivity contribution in [2.75, 3.05) is 6.61 Å². The summed E-state index contributed by atoms with van der Waals surface area (Å²) in [6.07, 6.45) is 0. The van der Waals surface area contributed by atoms with Crippen molar-refractivity contribution >= 4 is 19.1 Å². The summed E-state index contributed by atoms with van der Waals surface area (Å²) in [5.74, 6) is -0.126. The molecule has 0 spiro atoms. The van der Waals surface area contributed by atoms with Crippen molar-refractivity contribution in [2.45, 2.75) is 20.8 Å². The van der Waals surface area contributed by atoms with Crippen LogP contribution in [0, 0.1) is 20.8 Å². The fraction of sp³-hybridized carbons (Fsp3) is 0.235. The lowest BCUT2D eigenvalue weighted by molar-refractivity contribution is 0.0926. The molecule has 0 amide bonds. The van der Waals surface area contributed by atoms with Gasteiger partial charge in [-0.1, -0.05) is 35.9 Å². The van der Waals surface area contributed by atoms with Crippen LogP contribution < -0.4 is 5.30 Å². The van der Waals surface area contributed by atoms with Crippen molar-refractivity contribution in [3.8, 4) is 0 Å². The first-order valence-corrected chi connectivity index (χ1v) is 8.14. The van der Waals surface area contributed by atoms with E-state index in [0.717, 1.165) is 16.7 Å². The molecule has 0 aliphatic rings. The SMILES string of the molecule is Cc1cc(C)c(C(=O)CO[PH](=O)c2ccccc2)c(C)c1. The molecule has 1 unspecified atom stereocenters. The van der Waals surface area contributed by atoms with E-state index >= 15 is 0 Å². The Morgan fingerprint density at radius 1 is 1.05 bits per heavy atom. The summed E-state index contributed by atoms with van der Waals surface area (Å²) < 4.78 is 17.3. The van der Waals surface area contributed by atoms with Gasteiger partial charge in [-0.3, -0.25) is 9.36 Å². The van der Waals surface area contributed by atoms with E-state index in [0.29, 0.717) is 10.9 Å². The van der Waals surface area contributed by atoms with Crippen LogP contribution in [0.1, 0.15) is 27.0 Å². The Hall–Kier alpha value is -1.70. The molecule has 2 aromatic carbocycles. The predicted octanol–water partition coefficient (Wildman–Crippen LogP) is 3.61. The highest BCUT2D eigenvalue weighted by atomic mass is 31.1. The first kappa shape index (κ1) is 15.7. The van der Waals surface area contributed by atoms with Crippen LogP contribution in [-0.2, 0) is 9.09 Å². The molecule has 0 saturated carbocycles. The highest BCUT2D eigenvalue weighted by Gasteiger charge is 2.14. The summed E-state index contributed by atoms with van der Waals surface area (Å²) in [5, 5.41) is 0.632. The van der Waals surface area contributed by atoms with E-state index in [1.54, 1.807) is 24.3 Å². The minimum Gasteiger partial charge on any atom is -0.319 e. The minimum absolute atomic E-state index is 0.126. The third-order valence-electron chi connectivity index (χ3n) is 3.30. The average Bonchev–Trinajstić information content (AvgIpc) is 2.44. The van der Waals surface area contributed by atoms with Crippen LogP contribution in [-0.4, -0.2) is 12.4 Å². The van der Waals surface area contributed by atoms with Gasteiger partial charge in [0.25, 0.3) is 0 Å². The van der Waals surface area contributed by atoms with Crippen LogP contribution in [0.15, 0.2) is 42.5 Å². The second-order valence-electron chi connectivity index (χ2n) is 5.14. The Labute approximate surface area is 125 Å². The van der Waals surface area contributed by atoms with Gasteiger partial charge < -0.3 is 4.52 Å². The lowest BCUT2D eigenvalue weighted by atomic mass is 9.97. The van der Waals surface area contributed by atoms with E-state index in [9.17, 15) is 9.36 Å². The van der Waals surface area contributed by atoms with Crippen LogP contribution in [0.2, 0.25) is 0 Å². The van der Waals surface area contributed by atoms with Crippen molar-refractivity contribution < 1.29 is 13.9 Å². The van der Waals surface area contributed by atoms with Crippen LogP contribution >= 0.6 is 8.03 Å². The number of aryl methyl sites for hydroxylation is 3. The van der Waals surface area contributed by atoms with Gasteiger partial charge in [0.2, 0.25) is 8.03 Å². The number of hydrogen-bond acceptors (Lipinski definition) is 3. The lowest BCUT2D eigenvalue weighted by Crippen LogP contribution is -2.12. The summed E-state index contributed by atoms with van der Waals surface area (Å²) in [6, 6.07) is 12.9. The molecular weight excluding hydrogens is 283 g/mol. The maximum Gasteiger partial charge on any atom is 0.221 e. The van der Waals surface area contributed by atoms with Gasteiger partial charge >= 0.3 is 0 Å². The quantitative estimate of drug-likeness (QED) is 0.626. The third-order valence-corrected chi connectivity index (χ3v) is 4.51. The lowest BCUT2D eigenvalue weighted by Gasteiger charge is -2.10. The molecule has 3 nitrogen and oxygen atoms in total. The maximum atomic E-state index is 12.3. The first-order valence-electron chi connectivity index (χ1n) is 6.82. The molecule has 0 aliphatic carbocycles. The summed E-state index contributed by atoms with van der Waals surface area (Å²) in [7, 11) is -2.37. The van der Waals surface area contributed by atoms with Crippen molar-refractivity contribution in [2.24, 2.45) is 0 Å². The molecule has 0 saturated heterocycles. The molecule has 2 rings (SSSR count). The fourth-order valence-electron chi connectivity index (χ4n) is 2.48. The van der Waals surface area contributed by atoms with Gasteiger partial charge in [0.05, 0.1) is 0 Å². The largest absolute Gasteiger partial charge is 0.319 e. The molecular formula is C17H19O3P. The number of benzene rings is 2. The third kappa shape index (κ3) is 3.90. The monoisotopic (exact) mass is 302 g/mol. The molecule has 0 radical (unpaired) electrons. The summed E-state index contributed by atoms with van der Waals surface area (Å²) in [5.41, 5.74) is 3.66. The second-order valence-corrected chi connectivity index (χ2v) is 6.58. The van der Waals surface area contributed by atoms with Crippen LogP contribution in [0.5, 0.6) is 0 Å². The molecule has 0 heterocycles. The van der Waals surface area contributed by atoms with Crippen molar-refractivity contribution in [3.63, 3.8) is 0 Å². The van der Waals surface area contributed by atoms with Crippen LogP contribution in [0.4, 0.5) is 0 Å². The predicted molar refractivity (Wildman–Crippen MR) is 86.0 cm³/mol. The topological polar surface area (TPSA) is 43.4 Å². The van der Waals surface area contributed by atoms with E-state index in [-0.39, 0.29) is 12.4 Å². The normalized spacial score (nSPS) is 12.1. The van der Waals surface area contributed by atoms with E-state index in [1.165, 1.54) is 0 Å². The van der Waals surface area contributed by atoms with Crippen molar-refractivity contribution in [1.29, 1.82) is 0 Å². The standard InChI is InChI=1S/C17H19O3P/c1-12-9-13(2)17(14(3)10-12)16(18)11-20-21(19)15-7-5-4-6-8-15/h4-10,21H,11H2,1-3H3. The maximum absolute atomic E-state index is 12.3. The fourth-order valence-corrected chi connectivity index (χ4v) is 3.37. The Balaban J connectivity index is 2.08. The molecule has 1 atom stereocenters.